The molecule has 5 heteroatoms. The lowest BCUT2D eigenvalue weighted by molar-refractivity contribution is 0.0982. The van der Waals surface area contributed by atoms with E-state index in [0.29, 0.717) is 23.4 Å². The molecular formula is C13H12BrClN2O. The minimum absolute atomic E-state index is 0.0318. The molecule has 2 aromatic rings. The van der Waals surface area contributed by atoms with E-state index >= 15 is 0 Å². The van der Waals surface area contributed by atoms with Crippen LogP contribution in [0.25, 0.3) is 0 Å². The van der Waals surface area contributed by atoms with Crippen LogP contribution < -0.4 is 0 Å². The highest BCUT2D eigenvalue weighted by molar-refractivity contribution is 9.10. The zero-order valence-electron chi connectivity index (χ0n) is 9.86. The molecule has 0 amide bonds. The van der Waals surface area contributed by atoms with Crippen molar-refractivity contribution in [1.29, 1.82) is 0 Å². The van der Waals surface area contributed by atoms with Crippen LogP contribution in [0.3, 0.4) is 0 Å². The van der Waals surface area contributed by atoms with Gasteiger partial charge in [-0.3, -0.25) is 4.79 Å². The Hall–Kier alpha value is -1.13. The third-order valence-corrected chi connectivity index (χ3v) is 4.04. The molecule has 1 aromatic heterocycles. The summed E-state index contributed by atoms with van der Waals surface area (Å²) in [5, 5.41) is 0.474. The number of hydrogen-bond acceptors (Lipinski definition) is 2. The van der Waals surface area contributed by atoms with Crippen LogP contribution in [0.4, 0.5) is 0 Å². The van der Waals surface area contributed by atoms with Gasteiger partial charge in [0, 0.05) is 42.3 Å². The zero-order valence-corrected chi connectivity index (χ0v) is 12.2. The standard InChI is InChI=1S/C13H12BrClN2O/c1-17-8-7-16-12(17)6-5-11(18)9-3-2-4-10(14)13(9)15/h2-4,7-8H,5-6H2,1H3. The number of imidazole rings is 1. The van der Waals surface area contributed by atoms with E-state index in [1.165, 1.54) is 0 Å². The quantitative estimate of drug-likeness (QED) is 0.803. The normalized spacial score (nSPS) is 10.6. The van der Waals surface area contributed by atoms with E-state index in [2.05, 4.69) is 20.9 Å². The molecule has 0 spiro atoms. The lowest BCUT2D eigenvalue weighted by Gasteiger charge is -2.05. The van der Waals surface area contributed by atoms with E-state index in [4.69, 9.17) is 11.6 Å². The van der Waals surface area contributed by atoms with Crippen molar-refractivity contribution in [3.63, 3.8) is 0 Å². The van der Waals surface area contributed by atoms with Crippen molar-refractivity contribution in [3.8, 4) is 0 Å². The molecule has 18 heavy (non-hydrogen) atoms. The smallest absolute Gasteiger partial charge is 0.164 e. The first-order valence-corrected chi connectivity index (χ1v) is 6.70. The van der Waals surface area contributed by atoms with Gasteiger partial charge in [0.2, 0.25) is 0 Å². The van der Waals surface area contributed by atoms with E-state index in [9.17, 15) is 4.79 Å². The molecule has 1 aromatic carbocycles. The number of nitrogens with zero attached hydrogens (tertiary/aromatic N) is 2. The van der Waals surface area contributed by atoms with Crippen LogP contribution in [0, 0.1) is 0 Å². The summed E-state index contributed by atoms with van der Waals surface area (Å²) in [6.07, 6.45) is 4.62. The Morgan fingerprint density at radius 2 is 2.28 bits per heavy atom. The molecule has 0 N–H and O–H groups in total. The molecule has 0 bridgehead atoms. The summed E-state index contributed by atoms with van der Waals surface area (Å²) in [4.78, 5) is 16.3. The van der Waals surface area contributed by atoms with E-state index in [1.807, 2.05) is 29.9 Å². The van der Waals surface area contributed by atoms with Gasteiger partial charge < -0.3 is 4.57 Å². The molecule has 0 atom stereocenters. The molecule has 0 fully saturated rings. The van der Waals surface area contributed by atoms with Gasteiger partial charge in [0.1, 0.15) is 5.82 Å². The summed E-state index contributed by atoms with van der Waals surface area (Å²) in [5.74, 6) is 0.929. The minimum Gasteiger partial charge on any atom is -0.338 e. The van der Waals surface area contributed by atoms with Crippen molar-refractivity contribution in [3.05, 3.63) is 51.5 Å². The highest BCUT2D eigenvalue weighted by Gasteiger charge is 2.13. The maximum absolute atomic E-state index is 12.1. The van der Waals surface area contributed by atoms with Crippen molar-refractivity contribution in [1.82, 2.24) is 9.55 Å². The minimum atomic E-state index is 0.0318. The molecular weight excluding hydrogens is 316 g/mol. The molecule has 3 nitrogen and oxygen atoms in total. The molecule has 0 unspecified atom stereocenters. The Bertz CT molecular complexity index is 580. The van der Waals surface area contributed by atoms with Gasteiger partial charge in [0.05, 0.1) is 5.02 Å². The van der Waals surface area contributed by atoms with E-state index in [-0.39, 0.29) is 5.78 Å². The fourth-order valence-corrected chi connectivity index (χ4v) is 2.31. The van der Waals surface area contributed by atoms with Gasteiger partial charge in [-0.1, -0.05) is 17.7 Å². The second kappa shape index (κ2) is 5.67. The molecule has 0 aliphatic rings. The van der Waals surface area contributed by atoms with Crippen LogP contribution in [0.15, 0.2) is 35.1 Å². The zero-order chi connectivity index (χ0) is 13.1. The van der Waals surface area contributed by atoms with Gasteiger partial charge in [0.15, 0.2) is 5.78 Å². The van der Waals surface area contributed by atoms with Gasteiger partial charge in [0.25, 0.3) is 0 Å². The summed E-state index contributed by atoms with van der Waals surface area (Å²) < 4.78 is 2.66. The molecule has 0 saturated carbocycles. The number of carbonyl (C=O) groups is 1. The Labute approximate surface area is 119 Å². The highest BCUT2D eigenvalue weighted by Crippen LogP contribution is 2.27. The van der Waals surface area contributed by atoms with Crippen molar-refractivity contribution < 1.29 is 4.79 Å². The monoisotopic (exact) mass is 326 g/mol. The molecule has 0 saturated heterocycles. The van der Waals surface area contributed by atoms with Gasteiger partial charge >= 0.3 is 0 Å². The van der Waals surface area contributed by atoms with Crippen molar-refractivity contribution in [2.75, 3.05) is 0 Å². The first kappa shape index (κ1) is 13.3. The Balaban J connectivity index is 2.09. The Morgan fingerprint density at radius 1 is 1.50 bits per heavy atom. The molecule has 2 rings (SSSR count). The number of halogens is 2. The lowest BCUT2D eigenvalue weighted by Crippen LogP contribution is -2.05. The van der Waals surface area contributed by atoms with Crippen LogP contribution in [0.1, 0.15) is 22.6 Å². The molecule has 0 radical (unpaired) electrons. The van der Waals surface area contributed by atoms with E-state index in [1.54, 1.807) is 12.3 Å². The number of carbonyl (C=O) groups excluding carboxylic acids is 1. The molecule has 0 aliphatic carbocycles. The predicted molar refractivity (Wildman–Crippen MR) is 75.0 cm³/mol. The largest absolute Gasteiger partial charge is 0.338 e. The molecule has 94 valence electrons. The number of Topliss-reactive ketones (excluding diaryl/α,β-unsaturated/α-hetero) is 1. The van der Waals surface area contributed by atoms with Crippen molar-refractivity contribution >= 4 is 33.3 Å². The summed E-state index contributed by atoms with van der Waals surface area (Å²) in [6.45, 7) is 0. The maximum Gasteiger partial charge on any atom is 0.164 e. The van der Waals surface area contributed by atoms with Gasteiger partial charge in [-0.15, -0.1) is 0 Å². The van der Waals surface area contributed by atoms with Crippen molar-refractivity contribution in [2.45, 2.75) is 12.8 Å². The maximum atomic E-state index is 12.1. The van der Waals surface area contributed by atoms with E-state index in [0.717, 1.165) is 10.3 Å². The highest BCUT2D eigenvalue weighted by atomic mass is 79.9. The van der Waals surface area contributed by atoms with Gasteiger partial charge in [-0.05, 0) is 28.1 Å². The fourth-order valence-electron chi connectivity index (χ4n) is 1.72. The Morgan fingerprint density at radius 3 is 2.94 bits per heavy atom. The average molecular weight is 328 g/mol. The lowest BCUT2D eigenvalue weighted by atomic mass is 10.1. The summed E-state index contributed by atoms with van der Waals surface area (Å²) in [7, 11) is 1.92. The summed E-state index contributed by atoms with van der Waals surface area (Å²) in [5.41, 5.74) is 0.556. The first-order chi connectivity index (χ1) is 8.59. The first-order valence-electron chi connectivity index (χ1n) is 5.53. The topological polar surface area (TPSA) is 34.9 Å². The van der Waals surface area contributed by atoms with E-state index < -0.39 is 0 Å². The molecule has 1 heterocycles. The molecule has 0 aliphatic heterocycles. The van der Waals surface area contributed by atoms with Crippen LogP contribution in [-0.4, -0.2) is 15.3 Å². The number of aromatic nitrogens is 2. The van der Waals surface area contributed by atoms with Crippen LogP contribution in [0.2, 0.25) is 5.02 Å². The number of ketones is 1. The third kappa shape index (κ3) is 2.82. The SMILES string of the molecule is Cn1ccnc1CCC(=O)c1cccc(Br)c1Cl. The van der Waals surface area contributed by atoms with Gasteiger partial charge in [-0.25, -0.2) is 4.98 Å². The number of hydrogen-bond donors (Lipinski definition) is 0. The Kier molecular flexibility index (Phi) is 4.19. The number of rotatable bonds is 4. The summed E-state index contributed by atoms with van der Waals surface area (Å²) >= 11 is 9.41. The number of aryl methyl sites for hydroxylation is 2. The van der Waals surface area contributed by atoms with Crippen molar-refractivity contribution in [2.24, 2.45) is 7.05 Å². The van der Waals surface area contributed by atoms with Crippen LogP contribution in [0.5, 0.6) is 0 Å². The predicted octanol–water partition coefficient (Wildman–Crippen LogP) is 3.65. The van der Waals surface area contributed by atoms with Crippen LogP contribution >= 0.6 is 27.5 Å². The third-order valence-electron chi connectivity index (χ3n) is 2.75. The second-order valence-electron chi connectivity index (χ2n) is 3.98. The van der Waals surface area contributed by atoms with Crippen LogP contribution in [-0.2, 0) is 13.5 Å². The second-order valence-corrected chi connectivity index (χ2v) is 5.21. The fraction of sp³-hybridized carbons (Fsp3) is 0.231. The average Bonchev–Trinajstić information content (AvgIpc) is 2.75. The number of benzene rings is 1. The van der Waals surface area contributed by atoms with Gasteiger partial charge in [-0.2, -0.15) is 0 Å². The summed E-state index contributed by atoms with van der Waals surface area (Å²) in [6, 6.07) is 5.37.